The Morgan fingerprint density at radius 2 is 2.07 bits per heavy atom. The second-order valence-electron chi connectivity index (χ2n) is 9.01. The minimum absolute atomic E-state index is 0.00991. The van der Waals surface area contributed by atoms with Crippen molar-refractivity contribution in [2.45, 2.75) is 52.6 Å². The van der Waals surface area contributed by atoms with E-state index in [4.69, 9.17) is 0 Å². The van der Waals surface area contributed by atoms with Crippen LogP contribution in [0.5, 0.6) is 0 Å². The number of sulfonamides is 1. The largest absolute Gasteiger partial charge is 0.363 e. The first-order chi connectivity index (χ1) is 13.7. The van der Waals surface area contributed by atoms with Crippen molar-refractivity contribution in [3.8, 4) is 0 Å². The van der Waals surface area contributed by atoms with E-state index in [1.165, 1.54) is 0 Å². The SMILES string of the molecule is CC(C)CS(=O)(=O)N1CC[C@@H](C)[C@@H](N2c3c(cnc4[nH]ccc34)C(=O)CC2C)C1. The van der Waals surface area contributed by atoms with Crippen LogP contribution >= 0.6 is 0 Å². The Morgan fingerprint density at radius 1 is 1.31 bits per heavy atom. The molecule has 1 saturated heterocycles. The fourth-order valence-electron chi connectivity index (χ4n) is 4.83. The summed E-state index contributed by atoms with van der Waals surface area (Å²) < 4.78 is 27.5. The number of pyridine rings is 1. The molecule has 7 nitrogen and oxygen atoms in total. The third-order valence-corrected chi connectivity index (χ3v) is 8.45. The summed E-state index contributed by atoms with van der Waals surface area (Å²) in [6.45, 7) is 9.15. The van der Waals surface area contributed by atoms with E-state index in [9.17, 15) is 13.2 Å². The van der Waals surface area contributed by atoms with Gasteiger partial charge in [-0.15, -0.1) is 0 Å². The highest BCUT2D eigenvalue weighted by Gasteiger charge is 2.41. The number of nitrogens with zero attached hydrogens (tertiary/aromatic N) is 3. The standard InChI is InChI=1S/C21H30N4O3S/c1-13(2)12-29(27,28)24-8-6-14(3)18(11-24)25-15(4)9-19(26)17-10-23-21-16(20(17)25)5-7-22-21/h5,7,10,13-15,18H,6,8-9,11-12H2,1-4H3,(H,22,23)/t14-,15?,18+/m1/s1. The zero-order valence-corrected chi connectivity index (χ0v) is 18.4. The summed E-state index contributed by atoms with van der Waals surface area (Å²) in [6, 6.07) is 1.99. The van der Waals surface area contributed by atoms with E-state index in [2.05, 4.69) is 28.7 Å². The van der Waals surface area contributed by atoms with Gasteiger partial charge >= 0.3 is 0 Å². The normalized spacial score (nSPS) is 26.3. The maximum Gasteiger partial charge on any atom is 0.214 e. The number of carbonyl (C=O) groups excluding carboxylic acids is 1. The number of H-pyrrole nitrogens is 1. The Morgan fingerprint density at radius 3 is 2.79 bits per heavy atom. The number of aromatic amines is 1. The van der Waals surface area contributed by atoms with Gasteiger partial charge in [0.1, 0.15) is 5.65 Å². The van der Waals surface area contributed by atoms with Gasteiger partial charge in [0.15, 0.2) is 5.78 Å². The molecule has 2 aliphatic heterocycles. The highest BCUT2D eigenvalue weighted by atomic mass is 32.2. The van der Waals surface area contributed by atoms with Gasteiger partial charge < -0.3 is 9.88 Å². The van der Waals surface area contributed by atoms with E-state index in [0.29, 0.717) is 31.0 Å². The van der Waals surface area contributed by atoms with Crippen LogP contribution in [0.15, 0.2) is 18.5 Å². The Bertz CT molecular complexity index is 1030. The first-order valence-electron chi connectivity index (χ1n) is 10.4. The topological polar surface area (TPSA) is 86.4 Å². The molecule has 1 N–H and O–H groups in total. The second-order valence-corrected chi connectivity index (χ2v) is 11.0. The molecule has 29 heavy (non-hydrogen) atoms. The molecule has 0 bridgehead atoms. The fourth-order valence-corrected chi connectivity index (χ4v) is 6.64. The van der Waals surface area contributed by atoms with Gasteiger partial charge in [0, 0.05) is 49.4 Å². The van der Waals surface area contributed by atoms with Crippen molar-refractivity contribution < 1.29 is 13.2 Å². The number of anilines is 1. The zero-order chi connectivity index (χ0) is 20.9. The number of nitrogens with one attached hydrogen (secondary N) is 1. The Labute approximate surface area is 172 Å². The third kappa shape index (κ3) is 3.57. The minimum atomic E-state index is -3.29. The molecule has 2 aromatic rings. The van der Waals surface area contributed by atoms with E-state index >= 15 is 0 Å². The van der Waals surface area contributed by atoms with Crippen molar-refractivity contribution in [2.24, 2.45) is 11.8 Å². The first kappa shape index (κ1) is 20.3. The minimum Gasteiger partial charge on any atom is -0.363 e. The molecule has 1 fully saturated rings. The number of fused-ring (bicyclic) bond motifs is 3. The number of piperidine rings is 1. The molecule has 2 aromatic heterocycles. The molecule has 2 aliphatic rings. The van der Waals surface area contributed by atoms with Crippen LogP contribution in [0.1, 0.15) is 50.9 Å². The number of aromatic nitrogens is 2. The lowest BCUT2D eigenvalue weighted by atomic mass is 9.87. The average molecular weight is 419 g/mol. The number of carbonyl (C=O) groups is 1. The molecule has 158 valence electrons. The molecule has 1 unspecified atom stereocenters. The Balaban J connectivity index is 1.76. The predicted molar refractivity (Wildman–Crippen MR) is 115 cm³/mol. The lowest BCUT2D eigenvalue weighted by Gasteiger charge is -2.48. The van der Waals surface area contributed by atoms with Crippen molar-refractivity contribution in [1.82, 2.24) is 14.3 Å². The zero-order valence-electron chi connectivity index (χ0n) is 17.6. The van der Waals surface area contributed by atoms with E-state index in [1.54, 1.807) is 10.5 Å². The van der Waals surface area contributed by atoms with Crippen molar-refractivity contribution >= 4 is 32.5 Å². The molecule has 0 spiro atoms. The van der Waals surface area contributed by atoms with E-state index < -0.39 is 10.0 Å². The van der Waals surface area contributed by atoms with E-state index in [-0.39, 0.29) is 29.5 Å². The van der Waals surface area contributed by atoms with E-state index in [1.807, 2.05) is 26.1 Å². The molecular formula is C21H30N4O3S. The number of hydrogen-bond donors (Lipinski definition) is 1. The summed E-state index contributed by atoms with van der Waals surface area (Å²) in [5.74, 6) is 0.693. The monoisotopic (exact) mass is 418 g/mol. The third-order valence-electron chi connectivity index (χ3n) is 6.25. The molecule has 0 radical (unpaired) electrons. The molecule has 4 rings (SSSR count). The first-order valence-corrected chi connectivity index (χ1v) is 12.1. The number of rotatable bonds is 4. The van der Waals surface area contributed by atoms with Gasteiger partial charge in [0.2, 0.25) is 10.0 Å². The molecule has 0 aromatic carbocycles. The van der Waals surface area contributed by atoms with Crippen molar-refractivity contribution in [2.75, 3.05) is 23.7 Å². The van der Waals surface area contributed by atoms with Crippen LogP contribution in [0.3, 0.4) is 0 Å². The highest BCUT2D eigenvalue weighted by Crippen LogP contribution is 2.40. The highest BCUT2D eigenvalue weighted by molar-refractivity contribution is 7.89. The second kappa shape index (κ2) is 7.40. The number of Topliss-reactive ketones (excluding diaryl/α,β-unsaturated/α-hetero) is 1. The summed E-state index contributed by atoms with van der Waals surface area (Å²) in [5, 5.41) is 0.928. The van der Waals surface area contributed by atoms with Gasteiger partial charge in [-0.1, -0.05) is 20.8 Å². The molecule has 4 heterocycles. The average Bonchev–Trinajstić information content (AvgIpc) is 3.10. The Kier molecular flexibility index (Phi) is 5.19. The van der Waals surface area contributed by atoms with Crippen molar-refractivity contribution in [3.05, 3.63) is 24.0 Å². The Hall–Kier alpha value is -1.93. The van der Waals surface area contributed by atoms with Crippen molar-refractivity contribution in [3.63, 3.8) is 0 Å². The molecule has 0 amide bonds. The molecular weight excluding hydrogens is 388 g/mol. The maximum atomic E-state index is 12.9. The number of ketones is 1. The lowest BCUT2D eigenvalue weighted by Crippen LogP contribution is -2.58. The van der Waals surface area contributed by atoms with Crippen LogP contribution in [0.4, 0.5) is 5.69 Å². The summed E-state index contributed by atoms with van der Waals surface area (Å²) in [7, 11) is -3.29. The molecule has 0 saturated carbocycles. The van der Waals surface area contributed by atoms with Gasteiger partial charge in [0.05, 0.1) is 17.0 Å². The summed E-state index contributed by atoms with van der Waals surface area (Å²) in [6.07, 6.45) is 4.74. The van der Waals surface area contributed by atoms with Crippen LogP contribution in [0.2, 0.25) is 0 Å². The maximum absolute atomic E-state index is 12.9. The van der Waals surface area contributed by atoms with Gasteiger partial charge in [-0.25, -0.2) is 13.4 Å². The van der Waals surface area contributed by atoms with Crippen LogP contribution in [0, 0.1) is 11.8 Å². The van der Waals surface area contributed by atoms with Gasteiger partial charge in [-0.05, 0) is 31.2 Å². The van der Waals surface area contributed by atoms with Gasteiger partial charge in [0.25, 0.3) is 0 Å². The molecule has 8 heteroatoms. The molecule has 3 atom stereocenters. The predicted octanol–water partition coefficient (Wildman–Crippen LogP) is 3.04. The summed E-state index contributed by atoms with van der Waals surface area (Å²) >= 11 is 0. The van der Waals surface area contributed by atoms with Gasteiger partial charge in [-0.2, -0.15) is 4.31 Å². The molecule has 0 aliphatic carbocycles. The van der Waals surface area contributed by atoms with Crippen molar-refractivity contribution in [1.29, 1.82) is 0 Å². The van der Waals surface area contributed by atoms with Crippen LogP contribution in [0.25, 0.3) is 11.0 Å². The van der Waals surface area contributed by atoms with E-state index in [0.717, 1.165) is 23.1 Å². The number of hydrogen-bond acceptors (Lipinski definition) is 5. The lowest BCUT2D eigenvalue weighted by molar-refractivity contribution is 0.0961. The quantitative estimate of drug-likeness (QED) is 0.825. The van der Waals surface area contributed by atoms with Crippen LogP contribution < -0.4 is 4.90 Å². The van der Waals surface area contributed by atoms with Gasteiger partial charge in [-0.3, -0.25) is 4.79 Å². The fraction of sp³-hybridized carbons (Fsp3) is 0.619. The van der Waals surface area contributed by atoms with Crippen LogP contribution in [-0.4, -0.2) is 59.4 Å². The van der Waals surface area contributed by atoms with Crippen LogP contribution in [-0.2, 0) is 10.0 Å². The smallest absolute Gasteiger partial charge is 0.214 e. The summed E-state index contributed by atoms with van der Waals surface area (Å²) in [5.41, 5.74) is 2.30. The summed E-state index contributed by atoms with van der Waals surface area (Å²) in [4.78, 5) is 22.6.